The van der Waals surface area contributed by atoms with Crippen LogP contribution in [0.15, 0.2) is 23.4 Å². The van der Waals surface area contributed by atoms with Gasteiger partial charge in [0.1, 0.15) is 18.0 Å². The van der Waals surface area contributed by atoms with E-state index in [1.165, 1.54) is 0 Å². The molecule has 0 radical (unpaired) electrons. The number of epoxide rings is 1. The molecule has 0 aliphatic carbocycles. The van der Waals surface area contributed by atoms with E-state index < -0.39 is 35.5 Å². The van der Waals surface area contributed by atoms with Gasteiger partial charge in [0.15, 0.2) is 0 Å². The summed E-state index contributed by atoms with van der Waals surface area (Å²) < 4.78 is 57.3. The summed E-state index contributed by atoms with van der Waals surface area (Å²) in [5.74, 6) is -2.10. The van der Waals surface area contributed by atoms with E-state index in [9.17, 15) is 17.6 Å². The average Bonchev–Trinajstić information content (AvgIpc) is 2.88. The summed E-state index contributed by atoms with van der Waals surface area (Å²) >= 11 is 0. The number of ether oxygens (including phenoxy) is 1. The van der Waals surface area contributed by atoms with Crippen LogP contribution < -0.4 is 0 Å². The maximum Gasteiger partial charge on any atom is 0.392 e. The number of hydrogen-bond donors (Lipinski definition) is 2. The third kappa shape index (κ3) is 2.05. The first kappa shape index (κ1) is 13.4. The molecule has 5 nitrogen and oxygen atoms in total. The molecule has 1 unspecified atom stereocenters. The Morgan fingerprint density at radius 1 is 1.37 bits per heavy atom. The second-order valence-electron chi connectivity index (χ2n) is 3.90. The lowest BCUT2D eigenvalue weighted by Crippen LogP contribution is -2.32. The van der Waals surface area contributed by atoms with Gasteiger partial charge in [0.2, 0.25) is 5.60 Å². The molecule has 0 spiro atoms. The molecule has 102 valence electrons. The largest absolute Gasteiger partial charge is 0.392 e. The molecule has 1 aliphatic heterocycles. The van der Waals surface area contributed by atoms with Crippen LogP contribution >= 0.6 is 0 Å². The molecule has 1 atom stereocenters. The summed E-state index contributed by atoms with van der Waals surface area (Å²) in [6.45, 7) is -0.727. The van der Waals surface area contributed by atoms with Gasteiger partial charge in [0, 0.05) is 11.6 Å². The Bertz CT molecular complexity index is 530. The van der Waals surface area contributed by atoms with Crippen molar-refractivity contribution in [2.45, 2.75) is 11.7 Å². The van der Waals surface area contributed by atoms with Crippen LogP contribution in [0.2, 0.25) is 0 Å². The number of hydrogen-bond acceptors (Lipinski definition) is 4. The third-order valence-corrected chi connectivity index (χ3v) is 2.76. The van der Waals surface area contributed by atoms with Gasteiger partial charge in [-0.1, -0.05) is 5.22 Å². The highest BCUT2D eigenvalue weighted by molar-refractivity contribution is 5.50. The predicted molar refractivity (Wildman–Crippen MR) is 54.7 cm³/mol. The highest BCUT2D eigenvalue weighted by Crippen LogP contribution is 2.58. The summed E-state index contributed by atoms with van der Waals surface area (Å²) in [5.41, 5.74) is 3.78. The average molecular weight is 276 g/mol. The minimum atomic E-state index is -3.67. The van der Waals surface area contributed by atoms with Gasteiger partial charge in [-0.25, -0.2) is 13.8 Å². The SMILES string of the molecule is N=CN(CC1(c2ccc(F)cc2F)OC1(F)F)N=N. The van der Waals surface area contributed by atoms with E-state index in [1.54, 1.807) is 0 Å². The third-order valence-electron chi connectivity index (χ3n) is 2.76. The maximum absolute atomic E-state index is 13.6. The van der Waals surface area contributed by atoms with Gasteiger partial charge < -0.3 is 0 Å². The molecule has 1 heterocycles. The van der Waals surface area contributed by atoms with Crippen LogP contribution in [-0.2, 0) is 10.3 Å². The van der Waals surface area contributed by atoms with E-state index in [-0.39, 0.29) is 0 Å². The molecule has 9 heteroatoms. The van der Waals surface area contributed by atoms with Crippen molar-refractivity contribution in [2.24, 2.45) is 5.22 Å². The van der Waals surface area contributed by atoms with Crippen molar-refractivity contribution in [1.29, 1.82) is 10.9 Å². The zero-order valence-electron chi connectivity index (χ0n) is 9.33. The maximum atomic E-state index is 13.6. The van der Waals surface area contributed by atoms with E-state index >= 15 is 0 Å². The topological polar surface area (TPSA) is 75.8 Å². The Labute approximate surface area is 104 Å². The van der Waals surface area contributed by atoms with Crippen molar-refractivity contribution < 1.29 is 22.3 Å². The molecule has 1 aromatic rings. The first-order valence-corrected chi connectivity index (χ1v) is 5.04. The normalized spacial score (nSPS) is 23.8. The van der Waals surface area contributed by atoms with Gasteiger partial charge in [0.25, 0.3) is 0 Å². The van der Waals surface area contributed by atoms with E-state index in [1.807, 2.05) is 0 Å². The van der Waals surface area contributed by atoms with Crippen LogP contribution in [0.3, 0.4) is 0 Å². The monoisotopic (exact) mass is 276 g/mol. The highest BCUT2D eigenvalue weighted by atomic mass is 19.3. The molecular weight excluding hydrogens is 268 g/mol. The molecule has 0 saturated carbocycles. The fourth-order valence-corrected chi connectivity index (χ4v) is 1.77. The van der Waals surface area contributed by atoms with Crippen molar-refractivity contribution >= 4 is 6.34 Å². The van der Waals surface area contributed by atoms with Gasteiger partial charge in [-0.3, -0.25) is 10.1 Å². The Hall–Kier alpha value is -2.03. The molecule has 2 N–H and O–H groups in total. The minimum absolute atomic E-state index is 0.460. The van der Waals surface area contributed by atoms with E-state index in [0.717, 1.165) is 12.1 Å². The standard InChI is InChI=1S/C10H8F4N4O/c11-6-1-2-7(8(12)3-6)9(10(13,14)19-9)4-18(5-15)17-16/h1-3,5,15-16H,4H2. The lowest BCUT2D eigenvalue weighted by Gasteiger charge is -2.17. The van der Waals surface area contributed by atoms with Crippen molar-refractivity contribution in [3.05, 3.63) is 35.4 Å². The summed E-state index contributed by atoms with van der Waals surface area (Å²) in [7, 11) is 0. The highest BCUT2D eigenvalue weighted by Gasteiger charge is 2.76. The van der Waals surface area contributed by atoms with Crippen LogP contribution in [0.25, 0.3) is 0 Å². The molecule has 19 heavy (non-hydrogen) atoms. The van der Waals surface area contributed by atoms with E-state index in [0.29, 0.717) is 17.4 Å². The van der Waals surface area contributed by atoms with Crippen molar-refractivity contribution in [2.75, 3.05) is 6.54 Å². The van der Waals surface area contributed by atoms with Crippen LogP contribution in [0.5, 0.6) is 0 Å². The van der Waals surface area contributed by atoms with E-state index in [2.05, 4.69) is 9.96 Å². The molecule has 0 aromatic heterocycles. The van der Waals surface area contributed by atoms with Gasteiger partial charge >= 0.3 is 6.11 Å². The van der Waals surface area contributed by atoms with Crippen molar-refractivity contribution in [3.63, 3.8) is 0 Å². The predicted octanol–water partition coefficient (Wildman–Crippen LogP) is 2.64. The molecule has 1 fully saturated rings. The van der Waals surface area contributed by atoms with Crippen LogP contribution in [0.1, 0.15) is 5.56 Å². The molecule has 1 saturated heterocycles. The lowest BCUT2D eigenvalue weighted by molar-refractivity contribution is 0.000395. The summed E-state index contributed by atoms with van der Waals surface area (Å²) in [6, 6.07) is 2.13. The van der Waals surface area contributed by atoms with E-state index in [4.69, 9.17) is 10.9 Å². The first-order valence-electron chi connectivity index (χ1n) is 5.04. The summed E-state index contributed by atoms with van der Waals surface area (Å²) in [4.78, 5) is 0. The van der Waals surface area contributed by atoms with Crippen LogP contribution in [0.4, 0.5) is 17.6 Å². The molecule has 2 rings (SSSR count). The second-order valence-corrected chi connectivity index (χ2v) is 3.90. The number of nitrogens with one attached hydrogen (secondary N) is 2. The Kier molecular flexibility index (Phi) is 3.01. The Morgan fingerprint density at radius 2 is 2.00 bits per heavy atom. The smallest absolute Gasteiger partial charge is 0.295 e. The zero-order valence-corrected chi connectivity index (χ0v) is 9.33. The fraction of sp³-hybridized carbons (Fsp3) is 0.300. The van der Waals surface area contributed by atoms with Gasteiger partial charge in [-0.2, -0.15) is 14.3 Å². The zero-order chi connectivity index (χ0) is 14.3. The van der Waals surface area contributed by atoms with Gasteiger partial charge in [0.05, 0.1) is 6.54 Å². The molecule has 1 aliphatic rings. The number of alkyl halides is 2. The fourth-order valence-electron chi connectivity index (χ4n) is 1.77. The van der Waals surface area contributed by atoms with Crippen LogP contribution in [0, 0.1) is 22.6 Å². The second kappa shape index (κ2) is 4.26. The first-order chi connectivity index (χ1) is 8.86. The minimum Gasteiger partial charge on any atom is -0.295 e. The summed E-state index contributed by atoms with van der Waals surface area (Å²) in [6.07, 6.45) is -3.15. The molecule has 1 aromatic carbocycles. The molecular formula is C10H8F4N4O. The summed E-state index contributed by atoms with van der Waals surface area (Å²) in [5, 5.41) is 10.2. The van der Waals surface area contributed by atoms with Crippen molar-refractivity contribution in [3.8, 4) is 0 Å². The molecule has 0 bridgehead atoms. The van der Waals surface area contributed by atoms with Crippen LogP contribution in [-0.4, -0.2) is 24.0 Å². The Morgan fingerprint density at radius 3 is 2.42 bits per heavy atom. The van der Waals surface area contributed by atoms with Gasteiger partial charge in [-0.15, -0.1) is 0 Å². The van der Waals surface area contributed by atoms with Gasteiger partial charge in [-0.05, 0) is 12.1 Å². The quantitative estimate of drug-likeness (QED) is 0.216. The van der Waals surface area contributed by atoms with Crippen molar-refractivity contribution in [1.82, 2.24) is 5.01 Å². The number of halogens is 4. The Balaban J connectivity index is 2.41. The number of rotatable bonds is 5. The number of benzene rings is 1. The lowest BCUT2D eigenvalue weighted by atomic mass is 9.97. The number of nitrogens with zero attached hydrogens (tertiary/aromatic N) is 2. The molecule has 0 amide bonds.